The summed E-state index contributed by atoms with van der Waals surface area (Å²) in [5.41, 5.74) is 0. The van der Waals surface area contributed by atoms with Gasteiger partial charge in [0.1, 0.15) is 11.6 Å². The Morgan fingerprint density at radius 3 is 2.72 bits per heavy atom. The number of rotatable bonds is 6. The zero-order chi connectivity index (χ0) is 13.5. The largest absolute Gasteiger partial charge is 0.300 e. The summed E-state index contributed by atoms with van der Waals surface area (Å²) in [4.78, 5) is 0.288. The van der Waals surface area contributed by atoms with Gasteiger partial charge in [-0.05, 0) is 38.5 Å². The first-order valence-corrected chi connectivity index (χ1v) is 6.75. The second-order valence-corrected chi connectivity index (χ2v) is 5.35. The first kappa shape index (κ1) is 14.9. The van der Waals surface area contributed by atoms with Gasteiger partial charge in [0.15, 0.2) is 0 Å². The van der Waals surface area contributed by atoms with Crippen molar-refractivity contribution in [3.8, 4) is 6.07 Å². The number of benzene rings is 1. The van der Waals surface area contributed by atoms with Crippen molar-refractivity contribution in [1.29, 1.82) is 5.26 Å². The van der Waals surface area contributed by atoms with Gasteiger partial charge in [-0.25, -0.2) is 8.78 Å². The molecule has 18 heavy (non-hydrogen) atoms. The van der Waals surface area contributed by atoms with Crippen LogP contribution in [0, 0.1) is 23.0 Å². The molecule has 2 nitrogen and oxygen atoms in total. The molecule has 0 fully saturated rings. The normalized spacial score (nSPS) is 12.4. The van der Waals surface area contributed by atoms with Crippen molar-refractivity contribution in [2.24, 2.45) is 0 Å². The minimum absolute atomic E-state index is 0.227. The van der Waals surface area contributed by atoms with Crippen molar-refractivity contribution in [3.05, 3.63) is 29.8 Å². The van der Waals surface area contributed by atoms with E-state index in [-0.39, 0.29) is 17.0 Å². The molecule has 1 unspecified atom stereocenters. The van der Waals surface area contributed by atoms with Crippen LogP contribution in [0.2, 0.25) is 0 Å². The fourth-order valence-electron chi connectivity index (χ4n) is 1.46. The van der Waals surface area contributed by atoms with E-state index in [0.29, 0.717) is 12.2 Å². The molecule has 5 heteroatoms. The van der Waals surface area contributed by atoms with Crippen LogP contribution in [-0.4, -0.2) is 17.8 Å². The van der Waals surface area contributed by atoms with Crippen LogP contribution >= 0.6 is 11.8 Å². The number of hydrogen-bond donors (Lipinski definition) is 1. The lowest BCUT2D eigenvalue weighted by atomic mass is 10.2. The Labute approximate surface area is 110 Å². The van der Waals surface area contributed by atoms with Gasteiger partial charge in [0.25, 0.3) is 0 Å². The highest BCUT2D eigenvalue weighted by Gasteiger charge is 2.10. The quantitative estimate of drug-likeness (QED) is 0.805. The topological polar surface area (TPSA) is 35.8 Å². The van der Waals surface area contributed by atoms with Crippen molar-refractivity contribution >= 4 is 11.8 Å². The van der Waals surface area contributed by atoms with Crippen molar-refractivity contribution < 1.29 is 8.78 Å². The lowest BCUT2D eigenvalue weighted by Gasteiger charge is -2.14. The number of hydrogen-bond acceptors (Lipinski definition) is 3. The van der Waals surface area contributed by atoms with Gasteiger partial charge in [-0.1, -0.05) is 0 Å². The Bertz CT molecular complexity index is 429. The summed E-state index contributed by atoms with van der Waals surface area (Å²) >= 11 is 1.23. The maximum atomic E-state index is 13.3. The monoisotopic (exact) mass is 270 g/mol. The lowest BCUT2D eigenvalue weighted by molar-refractivity contribution is 0.522. The molecule has 0 amide bonds. The Morgan fingerprint density at radius 2 is 2.11 bits per heavy atom. The van der Waals surface area contributed by atoms with Crippen molar-refractivity contribution in [2.45, 2.75) is 37.2 Å². The van der Waals surface area contributed by atoms with Gasteiger partial charge in [-0.2, -0.15) is 5.26 Å². The Hall–Kier alpha value is -1.12. The highest BCUT2D eigenvalue weighted by molar-refractivity contribution is 7.99. The third-order valence-electron chi connectivity index (χ3n) is 2.25. The number of nitriles is 1. The number of nitrogens with zero attached hydrogens (tertiary/aromatic N) is 1. The van der Waals surface area contributed by atoms with Crippen molar-refractivity contribution in [1.82, 2.24) is 5.32 Å². The van der Waals surface area contributed by atoms with Crippen molar-refractivity contribution in [3.63, 3.8) is 0 Å². The molecule has 0 radical (unpaired) electrons. The van der Waals surface area contributed by atoms with E-state index in [1.54, 1.807) is 0 Å². The van der Waals surface area contributed by atoms with Gasteiger partial charge in [0.2, 0.25) is 0 Å². The molecule has 1 aromatic rings. The van der Waals surface area contributed by atoms with Crippen LogP contribution in [0.3, 0.4) is 0 Å². The van der Waals surface area contributed by atoms with Gasteiger partial charge < -0.3 is 0 Å². The van der Waals surface area contributed by atoms with Gasteiger partial charge >= 0.3 is 0 Å². The standard InChI is InChI=1S/C13H16F2N2S/c1-9(2)17-11(8-16)5-6-18-13-7-10(14)3-4-12(13)15/h3-4,7,9,11,17H,5-6H2,1-2H3. The van der Waals surface area contributed by atoms with Gasteiger partial charge in [-0.15, -0.1) is 11.8 Å². The summed E-state index contributed by atoms with van der Waals surface area (Å²) in [7, 11) is 0. The SMILES string of the molecule is CC(C)NC(C#N)CCSc1cc(F)ccc1F. The van der Waals surface area contributed by atoms with E-state index in [1.807, 2.05) is 13.8 Å². The Balaban J connectivity index is 2.46. The first-order valence-electron chi connectivity index (χ1n) is 5.76. The molecular formula is C13H16F2N2S. The molecule has 1 rings (SSSR count). The minimum atomic E-state index is -0.448. The molecule has 1 atom stereocenters. The van der Waals surface area contributed by atoms with Crippen LogP contribution in [0.4, 0.5) is 8.78 Å². The molecular weight excluding hydrogens is 254 g/mol. The van der Waals surface area contributed by atoms with E-state index in [2.05, 4.69) is 11.4 Å². The summed E-state index contributed by atoms with van der Waals surface area (Å²) in [5, 5.41) is 12.0. The Kier molecular flexibility index (Phi) is 6.10. The van der Waals surface area contributed by atoms with Crippen LogP contribution < -0.4 is 5.32 Å². The van der Waals surface area contributed by atoms with Crippen LogP contribution in [-0.2, 0) is 0 Å². The molecule has 0 saturated carbocycles. The second kappa shape index (κ2) is 7.34. The summed E-state index contributed by atoms with van der Waals surface area (Å²) in [6.45, 7) is 3.92. The van der Waals surface area contributed by atoms with Gasteiger partial charge in [0, 0.05) is 16.7 Å². The average Bonchev–Trinajstić information content (AvgIpc) is 2.31. The van der Waals surface area contributed by atoms with Crippen LogP contribution in [0.25, 0.3) is 0 Å². The van der Waals surface area contributed by atoms with Crippen LogP contribution in [0.1, 0.15) is 20.3 Å². The zero-order valence-corrected chi connectivity index (χ0v) is 11.2. The fourth-order valence-corrected chi connectivity index (χ4v) is 2.44. The third kappa shape index (κ3) is 5.03. The Morgan fingerprint density at radius 1 is 1.39 bits per heavy atom. The molecule has 0 aliphatic carbocycles. The highest BCUT2D eigenvalue weighted by atomic mass is 32.2. The van der Waals surface area contributed by atoms with Crippen molar-refractivity contribution in [2.75, 3.05) is 5.75 Å². The third-order valence-corrected chi connectivity index (χ3v) is 3.31. The predicted molar refractivity (Wildman–Crippen MR) is 69.4 cm³/mol. The molecule has 98 valence electrons. The minimum Gasteiger partial charge on any atom is -0.300 e. The summed E-state index contributed by atoms with van der Waals surface area (Å²) in [5.74, 6) is -0.305. The molecule has 0 spiro atoms. The first-order chi connectivity index (χ1) is 8.52. The second-order valence-electron chi connectivity index (χ2n) is 4.21. The molecule has 1 N–H and O–H groups in total. The molecule has 0 aromatic heterocycles. The van der Waals surface area contributed by atoms with E-state index in [1.165, 1.54) is 17.8 Å². The zero-order valence-electron chi connectivity index (χ0n) is 10.4. The van der Waals surface area contributed by atoms with Crippen LogP contribution in [0.5, 0.6) is 0 Å². The lowest BCUT2D eigenvalue weighted by Crippen LogP contribution is -2.33. The molecule has 0 saturated heterocycles. The smallest absolute Gasteiger partial charge is 0.136 e. The van der Waals surface area contributed by atoms with E-state index in [4.69, 9.17) is 5.26 Å². The van der Waals surface area contributed by atoms with E-state index in [9.17, 15) is 8.78 Å². The van der Waals surface area contributed by atoms with Crippen LogP contribution in [0.15, 0.2) is 23.1 Å². The number of nitrogens with one attached hydrogen (secondary N) is 1. The molecule has 0 aliphatic rings. The number of halogens is 2. The van der Waals surface area contributed by atoms with Gasteiger partial charge in [-0.3, -0.25) is 5.32 Å². The fraction of sp³-hybridized carbons (Fsp3) is 0.462. The molecule has 0 aliphatic heterocycles. The molecule has 0 bridgehead atoms. The van der Waals surface area contributed by atoms with Gasteiger partial charge in [0.05, 0.1) is 12.1 Å². The predicted octanol–water partition coefficient (Wildman–Crippen LogP) is 3.34. The maximum Gasteiger partial charge on any atom is 0.136 e. The average molecular weight is 270 g/mol. The van der Waals surface area contributed by atoms with E-state index < -0.39 is 11.6 Å². The molecule has 0 heterocycles. The maximum absolute atomic E-state index is 13.3. The molecule has 1 aromatic carbocycles. The van der Waals surface area contributed by atoms with E-state index >= 15 is 0 Å². The highest BCUT2D eigenvalue weighted by Crippen LogP contribution is 2.23. The summed E-state index contributed by atoms with van der Waals surface area (Å²) in [6, 6.07) is 5.52. The summed E-state index contributed by atoms with van der Waals surface area (Å²) in [6.07, 6.45) is 0.593. The van der Waals surface area contributed by atoms with E-state index in [0.717, 1.165) is 12.1 Å². The number of thioether (sulfide) groups is 1. The summed E-state index contributed by atoms with van der Waals surface area (Å²) < 4.78 is 26.2.